The molecule has 2 aromatic heterocycles. The monoisotopic (exact) mass is 457 g/mol. The Bertz CT molecular complexity index is 1280. The Labute approximate surface area is 186 Å². The van der Waals surface area contributed by atoms with Crippen LogP contribution in [-0.4, -0.2) is 21.7 Å². The number of carbonyl (C=O) groups is 1. The Morgan fingerprint density at radius 1 is 1.03 bits per heavy atom. The van der Waals surface area contributed by atoms with Gasteiger partial charge < -0.3 is 10.1 Å². The average molecular weight is 457 g/mol. The predicted molar refractivity (Wildman–Crippen MR) is 114 cm³/mol. The number of carbonyl (C=O) groups excluding carboxylic acids is 1. The van der Waals surface area contributed by atoms with Gasteiger partial charge in [-0.3, -0.25) is 9.20 Å². The van der Waals surface area contributed by atoms with Crippen LogP contribution >= 0.6 is 0 Å². The number of hydrogen-bond acceptors (Lipinski definition) is 3. The van der Waals surface area contributed by atoms with Crippen LogP contribution in [0.1, 0.15) is 28.7 Å². The maximum Gasteiger partial charge on any atom is 0.573 e. The molecule has 0 saturated carbocycles. The van der Waals surface area contributed by atoms with Gasteiger partial charge in [-0.1, -0.05) is 43.3 Å². The molecule has 5 nitrogen and oxygen atoms in total. The largest absolute Gasteiger partial charge is 0.573 e. The van der Waals surface area contributed by atoms with Crippen LogP contribution in [0.3, 0.4) is 0 Å². The van der Waals surface area contributed by atoms with Crippen molar-refractivity contribution in [2.45, 2.75) is 26.3 Å². The number of alkyl halides is 3. The third-order valence-electron chi connectivity index (χ3n) is 5.05. The van der Waals surface area contributed by atoms with E-state index in [-0.39, 0.29) is 23.8 Å². The second-order valence-corrected chi connectivity index (χ2v) is 7.26. The van der Waals surface area contributed by atoms with Crippen molar-refractivity contribution in [1.82, 2.24) is 14.7 Å². The number of imidazole rings is 1. The molecule has 1 N–H and O–H groups in total. The summed E-state index contributed by atoms with van der Waals surface area (Å²) in [5.74, 6) is -1.15. The maximum absolute atomic E-state index is 14.0. The lowest BCUT2D eigenvalue weighted by atomic mass is 10.0. The number of halogens is 4. The van der Waals surface area contributed by atoms with Crippen molar-refractivity contribution < 1.29 is 27.1 Å². The number of nitrogens with one attached hydrogen (secondary N) is 1. The summed E-state index contributed by atoms with van der Waals surface area (Å²) in [5, 5.41) is 2.83. The molecule has 0 saturated heterocycles. The van der Waals surface area contributed by atoms with Crippen LogP contribution in [0.15, 0.2) is 66.9 Å². The quantitative estimate of drug-likeness (QED) is 0.388. The van der Waals surface area contributed by atoms with Crippen molar-refractivity contribution in [2.24, 2.45) is 0 Å². The molecule has 0 fully saturated rings. The molecule has 4 aromatic rings. The summed E-state index contributed by atoms with van der Waals surface area (Å²) >= 11 is 0. The fraction of sp³-hybridized carbons (Fsp3) is 0.167. The molecular formula is C24H19F4N3O2. The van der Waals surface area contributed by atoms with E-state index in [0.717, 1.165) is 16.7 Å². The minimum atomic E-state index is -4.73. The van der Waals surface area contributed by atoms with Crippen molar-refractivity contribution in [3.63, 3.8) is 0 Å². The summed E-state index contributed by atoms with van der Waals surface area (Å²) in [5.41, 5.74) is 3.25. The van der Waals surface area contributed by atoms with Crippen LogP contribution in [0.25, 0.3) is 16.8 Å². The van der Waals surface area contributed by atoms with Crippen molar-refractivity contribution in [1.29, 1.82) is 0 Å². The molecule has 4 rings (SSSR count). The number of pyridine rings is 1. The van der Waals surface area contributed by atoms with Gasteiger partial charge >= 0.3 is 6.36 Å². The smallest absolute Gasteiger partial charge is 0.406 e. The highest BCUT2D eigenvalue weighted by Gasteiger charge is 2.31. The van der Waals surface area contributed by atoms with Crippen LogP contribution in [0.2, 0.25) is 0 Å². The van der Waals surface area contributed by atoms with Gasteiger partial charge in [-0.05, 0) is 47.4 Å². The Balaban J connectivity index is 1.45. The summed E-state index contributed by atoms with van der Waals surface area (Å²) in [4.78, 5) is 17.1. The van der Waals surface area contributed by atoms with Gasteiger partial charge in [0.1, 0.15) is 11.4 Å². The summed E-state index contributed by atoms with van der Waals surface area (Å²) in [6.45, 7) is 2.08. The number of aryl methyl sites for hydroxylation is 1. The lowest BCUT2D eigenvalue weighted by Crippen LogP contribution is -2.25. The molecule has 33 heavy (non-hydrogen) atoms. The Morgan fingerprint density at radius 2 is 1.67 bits per heavy atom. The Hall–Kier alpha value is -3.88. The Morgan fingerprint density at radius 3 is 2.27 bits per heavy atom. The van der Waals surface area contributed by atoms with Crippen LogP contribution in [-0.2, 0) is 13.0 Å². The lowest BCUT2D eigenvalue weighted by Gasteiger charge is -2.10. The number of fused-ring (bicyclic) bond motifs is 1. The van der Waals surface area contributed by atoms with Crippen LogP contribution in [0.5, 0.6) is 5.75 Å². The van der Waals surface area contributed by atoms with Gasteiger partial charge in [0, 0.05) is 12.7 Å². The SMILES string of the molecule is CCc1nc2c(F)cccn2c1C(=O)NCc1ccc(-c2ccc(OC(F)(F)F)cc2)cc1. The van der Waals surface area contributed by atoms with Gasteiger partial charge in [0.15, 0.2) is 11.5 Å². The van der Waals surface area contributed by atoms with E-state index in [1.807, 2.05) is 31.2 Å². The van der Waals surface area contributed by atoms with E-state index in [0.29, 0.717) is 17.8 Å². The van der Waals surface area contributed by atoms with Crippen LogP contribution in [0.4, 0.5) is 17.6 Å². The second-order valence-electron chi connectivity index (χ2n) is 7.26. The third-order valence-corrected chi connectivity index (χ3v) is 5.05. The normalized spacial score (nSPS) is 11.5. The Kier molecular flexibility index (Phi) is 6.04. The third kappa shape index (κ3) is 4.97. The molecule has 9 heteroatoms. The molecular weight excluding hydrogens is 438 g/mol. The van der Waals surface area contributed by atoms with Crippen molar-refractivity contribution in [2.75, 3.05) is 0 Å². The molecule has 0 atom stereocenters. The van der Waals surface area contributed by atoms with Crippen molar-refractivity contribution in [3.05, 3.63) is 89.6 Å². The molecule has 1 amide bonds. The standard InChI is InChI=1S/C24H19F4N3O2/c1-2-20-21(31-13-3-4-19(25)22(31)30-20)23(32)29-14-15-5-7-16(8-6-15)17-9-11-18(12-10-17)33-24(26,27)28/h3-13H,2,14H2,1H3,(H,29,32). The van der Waals surface area contributed by atoms with Gasteiger partial charge in [-0.2, -0.15) is 0 Å². The summed E-state index contributed by atoms with van der Waals surface area (Å²) in [6, 6.07) is 15.6. The summed E-state index contributed by atoms with van der Waals surface area (Å²) in [7, 11) is 0. The molecule has 0 spiro atoms. The minimum Gasteiger partial charge on any atom is -0.406 e. The van der Waals surface area contributed by atoms with Crippen molar-refractivity contribution >= 4 is 11.6 Å². The molecule has 0 unspecified atom stereocenters. The number of ether oxygens (including phenoxy) is 1. The highest BCUT2D eigenvalue weighted by atomic mass is 19.4. The number of amides is 1. The fourth-order valence-corrected chi connectivity index (χ4v) is 3.50. The molecule has 0 aliphatic heterocycles. The molecule has 170 valence electrons. The van der Waals surface area contributed by atoms with Gasteiger partial charge in [0.2, 0.25) is 0 Å². The van der Waals surface area contributed by atoms with Gasteiger partial charge in [-0.15, -0.1) is 13.2 Å². The first-order valence-corrected chi connectivity index (χ1v) is 10.1. The number of benzene rings is 2. The lowest BCUT2D eigenvalue weighted by molar-refractivity contribution is -0.274. The fourth-order valence-electron chi connectivity index (χ4n) is 3.50. The first-order chi connectivity index (χ1) is 15.7. The molecule has 0 aliphatic carbocycles. The summed E-state index contributed by atoms with van der Waals surface area (Å²) in [6.07, 6.45) is -2.66. The maximum atomic E-state index is 14.0. The number of rotatable bonds is 6. The molecule has 2 heterocycles. The van der Waals surface area contributed by atoms with E-state index in [9.17, 15) is 22.4 Å². The zero-order chi connectivity index (χ0) is 23.6. The number of aromatic nitrogens is 2. The van der Waals surface area contributed by atoms with Gasteiger partial charge in [-0.25, -0.2) is 9.37 Å². The van der Waals surface area contributed by atoms with E-state index in [2.05, 4.69) is 15.0 Å². The zero-order valence-corrected chi connectivity index (χ0v) is 17.5. The van der Waals surface area contributed by atoms with E-state index in [1.165, 1.54) is 40.8 Å². The average Bonchev–Trinajstić information content (AvgIpc) is 3.17. The number of hydrogen-bond donors (Lipinski definition) is 1. The van der Waals surface area contributed by atoms with Crippen molar-refractivity contribution in [3.8, 4) is 16.9 Å². The highest BCUT2D eigenvalue weighted by molar-refractivity contribution is 5.94. The van der Waals surface area contributed by atoms with E-state index in [4.69, 9.17) is 0 Å². The zero-order valence-electron chi connectivity index (χ0n) is 17.5. The first-order valence-electron chi connectivity index (χ1n) is 10.1. The van der Waals surface area contributed by atoms with Crippen LogP contribution < -0.4 is 10.1 Å². The van der Waals surface area contributed by atoms with Gasteiger partial charge in [0.05, 0.1) is 5.69 Å². The molecule has 0 bridgehead atoms. The summed E-state index contributed by atoms with van der Waals surface area (Å²) < 4.78 is 56.2. The molecule has 0 aliphatic rings. The minimum absolute atomic E-state index is 0.107. The van der Waals surface area contributed by atoms with E-state index < -0.39 is 12.2 Å². The molecule has 2 aromatic carbocycles. The predicted octanol–water partition coefficient (Wildman–Crippen LogP) is 5.53. The highest BCUT2D eigenvalue weighted by Crippen LogP contribution is 2.26. The van der Waals surface area contributed by atoms with Crippen LogP contribution in [0, 0.1) is 5.82 Å². The number of nitrogens with zero attached hydrogens (tertiary/aromatic N) is 2. The van der Waals surface area contributed by atoms with E-state index >= 15 is 0 Å². The molecule has 0 radical (unpaired) electrons. The first kappa shape index (κ1) is 22.3. The topological polar surface area (TPSA) is 55.6 Å². The second kappa shape index (κ2) is 8.93. The van der Waals surface area contributed by atoms with Gasteiger partial charge in [0.25, 0.3) is 5.91 Å². The van der Waals surface area contributed by atoms with E-state index in [1.54, 1.807) is 6.20 Å².